The Labute approximate surface area is 190 Å². The lowest BCUT2D eigenvalue weighted by atomic mass is 10.0. The van der Waals surface area contributed by atoms with E-state index in [9.17, 15) is 14.7 Å². The topological polar surface area (TPSA) is 78.9 Å². The van der Waals surface area contributed by atoms with Gasteiger partial charge in [-0.1, -0.05) is 24.3 Å². The van der Waals surface area contributed by atoms with Gasteiger partial charge in [-0.15, -0.1) is 22.7 Å². The number of phenolic OH excluding ortho intramolecular Hbond substituents is 1. The van der Waals surface area contributed by atoms with E-state index in [0.29, 0.717) is 18.7 Å². The lowest BCUT2D eigenvalue weighted by Gasteiger charge is -2.29. The van der Waals surface area contributed by atoms with E-state index < -0.39 is 17.7 Å². The van der Waals surface area contributed by atoms with E-state index in [1.807, 2.05) is 35.0 Å². The van der Waals surface area contributed by atoms with Gasteiger partial charge in [0, 0.05) is 9.75 Å². The summed E-state index contributed by atoms with van der Waals surface area (Å²) >= 11 is 3.15. The molecule has 0 aliphatic carbocycles. The Bertz CT molecular complexity index is 942. The smallest absolute Gasteiger partial charge is 0.408 e. The maximum Gasteiger partial charge on any atom is 0.408 e. The number of rotatable bonds is 7. The first-order valence-electron chi connectivity index (χ1n) is 9.83. The van der Waals surface area contributed by atoms with E-state index >= 15 is 0 Å². The number of nitrogens with one attached hydrogen (secondary N) is 1. The minimum Gasteiger partial charge on any atom is -0.508 e. The fourth-order valence-electron chi connectivity index (χ4n) is 2.96. The van der Waals surface area contributed by atoms with Crippen molar-refractivity contribution in [3.63, 3.8) is 0 Å². The zero-order chi connectivity index (χ0) is 22.4. The van der Waals surface area contributed by atoms with Crippen LogP contribution in [0.2, 0.25) is 0 Å². The SMILES string of the molecule is CC(C)(C)OC(=O)N[C@@H](C(=O)N(Cc1cccs1)Cc1cccs1)c1ccc(O)cc1. The Balaban J connectivity index is 1.89. The van der Waals surface area contributed by atoms with Gasteiger partial charge < -0.3 is 20.1 Å². The van der Waals surface area contributed by atoms with Gasteiger partial charge in [0.25, 0.3) is 5.91 Å². The molecule has 0 aliphatic rings. The van der Waals surface area contributed by atoms with E-state index in [-0.39, 0.29) is 11.7 Å². The van der Waals surface area contributed by atoms with Crippen LogP contribution in [0, 0.1) is 0 Å². The number of carbonyl (C=O) groups is 2. The van der Waals surface area contributed by atoms with Crippen molar-refractivity contribution in [3.8, 4) is 5.75 Å². The molecule has 2 N–H and O–H groups in total. The molecule has 0 aliphatic heterocycles. The monoisotopic (exact) mass is 458 g/mol. The van der Waals surface area contributed by atoms with E-state index in [1.165, 1.54) is 12.1 Å². The summed E-state index contributed by atoms with van der Waals surface area (Å²) < 4.78 is 5.39. The predicted molar refractivity (Wildman–Crippen MR) is 123 cm³/mol. The number of amides is 2. The van der Waals surface area contributed by atoms with Crippen molar-refractivity contribution >= 4 is 34.7 Å². The lowest BCUT2D eigenvalue weighted by Crippen LogP contribution is -2.43. The average molecular weight is 459 g/mol. The Morgan fingerprint density at radius 2 is 1.55 bits per heavy atom. The summed E-state index contributed by atoms with van der Waals surface area (Å²) in [5.41, 5.74) is -0.128. The van der Waals surface area contributed by atoms with Crippen LogP contribution in [0.1, 0.15) is 42.1 Å². The zero-order valence-electron chi connectivity index (χ0n) is 17.7. The summed E-state index contributed by atoms with van der Waals surface area (Å²) in [6.45, 7) is 6.16. The maximum atomic E-state index is 13.7. The predicted octanol–water partition coefficient (Wildman–Crippen LogP) is 5.31. The molecule has 8 heteroatoms. The minimum absolute atomic E-state index is 0.0845. The molecule has 164 valence electrons. The number of hydrogen-bond donors (Lipinski definition) is 2. The van der Waals surface area contributed by atoms with Gasteiger partial charge in [-0.25, -0.2) is 4.79 Å². The third kappa shape index (κ3) is 6.83. The van der Waals surface area contributed by atoms with E-state index in [4.69, 9.17) is 4.74 Å². The number of benzene rings is 1. The molecule has 0 spiro atoms. The van der Waals surface area contributed by atoms with E-state index in [2.05, 4.69) is 5.32 Å². The van der Waals surface area contributed by atoms with E-state index in [0.717, 1.165) is 9.75 Å². The summed E-state index contributed by atoms with van der Waals surface area (Å²) in [6.07, 6.45) is -0.675. The molecule has 0 unspecified atom stereocenters. The Hall–Kier alpha value is -2.84. The molecule has 6 nitrogen and oxygen atoms in total. The van der Waals surface area contributed by atoms with Crippen molar-refractivity contribution in [2.24, 2.45) is 0 Å². The van der Waals surface area contributed by atoms with Gasteiger partial charge in [0.15, 0.2) is 0 Å². The Kier molecular flexibility index (Phi) is 7.35. The second-order valence-electron chi connectivity index (χ2n) is 8.02. The molecule has 2 amide bonds. The number of alkyl carbamates (subject to hydrolysis) is 1. The van der Waals surface area contributed by atoms with Crippen LogP contribution in [-0.2, 0) is 22.6 Å². The van der Waals surface area contributed by atoms with Gasteiger partial charge in [0.1, 0.15) is 17.4 Å². The molecule has 1 atom stereocenters. The number of ether oxygens (including phenoxy) is 1. The van der Waals surface area contributed by atoms with Crippen LogP contribution in [-0.4, -0.2) is 27.6 Å². The second kappa shape index (κ2) is 9.98. The molecule has 2 aromatic heterocycles. The molecular weight excluding hydrogens is 432 g/mol. The molecular formula is C23H26N2O4S2. The first kappa shape index (κ1) is 22.8. The highest BCUT2D eigenvalue weighted by molar-refractivity contribution is 7.10. The number of hydrogen-bond acceptors (Lipinski definition) is 6. The summed E-state index contributed by atoms with van der Waals surface area (Å²) in [5.74, 6) is -0.167. The fourth-order valence-corrected chi connectivity index (χ4v) is 4.39. The average Bonchev–Trinajstić information content (AvgIpc) is 3.39. The summed E-state index contributed by atoms with van der Waals surface area (Å²) in [5, 5.41) is 16.3. The van der Waals surface area contributed by atoms with Crippen LogP contribution in [0.4, 0.5) is 4.79 Å². The standard InChI is InChI=1S/C23H26N2O4S2/c1-23(2,3)29-22(28)24-20(16-8-10-17(26)11-9-16)21(27)25(14-18-6-4-12-30-18)15-19-7-5-13-31-19/h4-13,20,26H,14-15H2,1-3H3,(H,24,28)/t20-/m1/s1. The van der Waals surface area contributed by atoms with Crippen molar-refractivity contribution in [1.82, 2.24) is 10.2 Å². The van der Waals surface area contributed by atoms with Crippen LogP contribution in [0.25, 0.3) is 0 Å². The fraction of sp³-hybridized carbons (Fsp3) is 0.304. The van der Waals surface area contributed by atoms with E-state index in [1.54, 1.807) is 60.5 Å². The second-order valence-corrected chi connectivity index (χ2v) is 10.1. The van der Waals surface area contributed by atoms with Crippen LogP contribution < -0.4 is 5.32 Å². The highest BCUT2D eigenvalue weighted by Gasteiger charge is 2.30. The molecule has 0 saturated heterocycles. The highest BCUT2D eigenvalue weighted by Crippen LogP contribution is 2.24. The number of aromatic hydroxyl groups is 1. The van der Waals surface area contributed by atoms with Gasteiger partial charge in [-0.2, -0.15) is 0 Å². The van der Waals surface area contributed by atoms with Crippen molar-refractivity contribution < 1.29 is 19.4 Å². The first-order valence-corrected chi connectivity index (χ1v) is 11.6. The zero-order valence-corrected chi connectivity index (χ0v) is 19.3. The van der Waals surface area contributed by atoms with Crippen molar-refractivity contribution in [2.75, 3.05) is 0 Å². The number of phenols is 1. The first-order chi connectivity index (χ1) is 14.7. The maximum absolute atomic E-state index is 13.7. The third-order valence-corrected chi connectivity index (χ3v) is 6.02. The molecule has 3 aromatic rings. The van der Waals surface area contributed by atoms with Gasteiger partial charge in [0.2, 0.25) is 0 Å². The molecule has 0 bridgehead atoms. The molecule has 0 fully saturated rings. The van der Waals surface area contributed by atoms with Gasteiger partial charge in [0.05, 0.1) is 13.1 Å². The largest absolute Gasteiger partial charge is 0.508 e. The van der Waals surface area contributed by atoms with Gasteiger partial charge in [-0.05, 0) is 61.4 Å². The van der Waals surface area contributed by atoms with Crippen LogP contribution in [0.5, 0.6) is 5.75 Å². The third-order valence-electron chi connectivity index (χ3n) is 4.30. The van der Waals surface area contributed by atoms with Crippen molar-refractivity contribution in [1.29, 1.82) is 0 Å². The molecule has 0 saturated carbocycles. The van der Waals surface area contributed by atoms with Gasteiger partial charge >= 0.3 is 6.09 Å². The van der Waals surface area contributed by atoms with Gasteiger partial charge in [-0.3, -0.25) is 4.79 Å². The number of thiophene rings is 2. The van der Waals surface area contributed by atoms with Crippen LogP contribution >= 0.6 is 22.7 Å². The number of nitrogens with zero attached hydrogens (tertiary/aromatic N) is 1. The molecule has 1 aromatic carbocycles. The molecule has 3 rings (SSSR count). The highest BCUT2D eigenvalue weighted by atomic mass is 32.1. The molecule has 31 heavy (non-hydrogen) atoms. The summed E-state index contributed by atoms with van der Waals surface area (Å²) in [6, 6.07) is 13.2. The summed E-state index contributed by atoms with van der Waals surface area (Å²) in [7, 11) is 0. The van der Waals surface area contributed by atoms with Crippen molar-refractivity contribution in [2.45, 2.75) is 45.5 Å². The minimum atomic E-state index is -0.949. The molecule has 0 radical (unpaired) electrons. The lowest BCUT2D eigenvalue weighted by molar-refractivity contribution is -0.134. The Morgan fingerprint density at radius 1 is 1.00 bits per heavy atom. The quantitative estimate of drug-likeness (QED) is 0.503. The number of carbonyl (C=O) groups excluding carboxylic acids is 2. The Morgan fingerprint density at radius 3 is 2.00 bits per heavy atom. The van der Waals surface area contributed by atoms with Crippen LogP contribution in [0.3, 0.4) is 0 Å². The molecule has 2 heterocycles. The van der Waals surface area contributed by atoms with Crippen LogP contribution in [0.15, 0.2) is 59.3 Å². The summed E-state index contributed by atoms with van der Waals surface area (Å²) in [4.78, 5) is 30.0. The van der Waals surface area contributed by atoms with Crippen molar-refractivity contribution in [3.05, 3.63) is 74.6 Å². The normalized spacial score (nSPS) is 12.2.